The van der Waals surface area contributed by atoms with Crippen LogP contribution in [-0.2, 0) is 0 Å². The fourth-order valence-electron chi connectivity index (χ4n) is 4.04. The van der Waals surface area contributed by atoms with E-state index in [4.69, 9.17) is 23.2 Å². The van der Waals surface area contributed by atoms with Crippen molar-refractivity contribution in [2.45, 2.75) is 34.5 Å². The minimum Gasteiger partial charge on any atom is -0.150 e. The largest absolute Gasteiger partial charge is 0.150 e. The van der Waals surface area contributed by atoms with Crippen LogP contribution >= 0.6 is 39.1 Å². The van der Waals surface area contributed by atoms with Crippen molar-refractivity contribution in [1.82, 2.24) is 0 Å². The van der Waals surface area contributed by atoms with E-state index < -0.39 is 0 Å². The summed E-state index contributed by atoms with van der Waals surface area (Å²) in [5.74, 6) is 1.97. The second-order valence-electron chi connectivity index (χ2n) is 5.04. The Balaban J connectivity index is 1.92. The summed E-state index contributed by atoms with van der Waals surface area (Å²) >= 11 is 16.2. The smallest absolute Gasteiger partial charge is 0.108 e. The summed E-state index contributed by atoms with van der Waals surface area (Å²) in [5.41, 5.74) is 0. The van der Waals surface area contributed by atoms with Crippen LogP contribution in [-0.4, -0.2) is 21.6 Å². The molecule has 84 valence electrons. The van der Waals surface area contributed by atoms with E-state index in [0.29, 0.717) is 23.7 Å². The van der Waals surface area contributed by atoms with Crippen molar-refractivity contribution >= 4 is 39.1 Å². The Bertz CT molecular complexity index is 303. The van der Waals surface area contributed by atoms with Crippen molar-refractivity contribution in [3.8, 4) is 0 Å². The second-order valence-corrected chi connectivity index (χ2v) is 7.16. The standard InChI is InChI=1S/C10H12BrCl2NO/c11-8-4-1-5(10(8)14-15)7-3(4)2-6(12)9(7)13/h3-10H,1-2H2/t3-,4+,5+,6-,7-,8+,9-,10-/m0/s1. The molecule has 0 N–H and O–H groups in total. The Kier molecular flexibility index (Phi) is 2.57. The van der Waals surface area contributed by atoms with Crippen LogP contribution in [0.25, 0.3) is 0 Å². The van der Waals surface area contributed by atoms with Gasteiger partial charge >= 0.3 is 0 Å². The molecule has 0 aromatic carbocycles. The third-order valence-electron chi connectivity index (χ3n) is 4.59. The van der Waals surface area contributed by atoms with E-state index in [2.05, 4.69) is 21.1 Å². The maximum Gasteiger partial charge on any atom is 0.108 e. The fraction of sp³-hybridized carbons (Fsp3) is 1.00. The normalized spacial score (nSPS) is 62.1. The summed E-state index contributed by atoms with van der Waals surface area (Å²) in [7, 11) is 0. The molecule has 3 fully saturated rings. The van der Waals surface area contributed by atoms with Crippen LogP contribution in [0.15, 0.2) is 5.18 Å². The van der Waals surface area contributed by atoms with Crippen LogP contribution in [0.4, 0.5) is 0 Å². The topological polar surface area (TPSA) is 29.4 Å². The molecular weight excluding hydrogens is 301 g/mol. The number of halogens is 3. The van der Waals surface area contributed by atoms with Gasteiger partial charge in [-0.2, -0.15) is 4.91 Å². The Morgan fingerprint density at radius 2 is 1.87 bits per heavy atom. The molecule has 0 heterocycles. The first kappa shape index (κ1) is 10.8. The van der Waals surface area contributed by atoms with Gasteiger partial charge in [-0.15, -0.1) is 23.2 Å². The van der Waals surface area contributed by atoms with Gasteiger partial charge in [-0.25, -0.2) is 0 Å². The summed E-state index contributed by atoms with van der Waals surface area (Å²) in [6.07, 6.45) is 2.11. The number of hydrogen-bond acceptors (Lipinski definition) is 2. The molecule has 3 rings (SSSR count). The lowest BCUT2D eigenvalue weighted by Crippen LogP contribution is -2.38. The van der Waals surface area contributed by atoms with Gasteiger partial charge in [0.15, 0.2) is 0 Å². The highest BCUT2D eigenvalue weighted by Gasteiger charge is 2.63. The molecule has 0 unspecified atom stereocenters. The summed E-state index contributed by atoms with van der Waals surface area (Å²) in [4.78, 5) is 11.1. The van der Waals surface area contributed by atoms with Crippen molar-refractivity contribution in [2.75, 3.05) is 0 Å². The van der Waals surface area contributed by atoms with Crippen LogP contribution in [0.2, 0.25) is 0 Å². The summed E-state index contributed by atoms with van der Waals surface area (Å²) in [6.45, 7) is 0. The van der Waals surface area contributed by atoms with Crippen molar-refractivity contribution in [2.24, 2.45) is 28.8 Å². The first-order chi connectivity index (χ1) is 7.15. The molecule has 0 aliphatic heterocycles. The molecule has 0 aromatic heterocycles. The van der Waals surface area contributed by atoms with Crippen molar-refractivity contribution in [3.05, 3.63) is 4.91 Å². The highest BCUT2D eigenvalue weighted by molar-refractivity contribution is 9.09. The van der Waals surface area contributed by atoms with E-state index in [1.165, 1.54) is 0 Å². The third-order valence-corrected chi connectivity index (χ3v) is 6.98. The zero-order valence-corrected chi connectivity index (χ0v) is 11.1. The van der Waals surface area contributed by atoms with Crippen molar-refractivity contribution < 1.29 is 0 Å². The monoisotopic (exact) mass is 311 g/mol. The average Bonchev–Trinajstić information content (AvgIpc) is 2.79. The Morgan fingerprint density at radius 3 is 2.53 bits per heavy atom. The van der Waals surface area contributed by atoms with Gasteiger partial charge in [0.25, 0.3) is 0 Å². The number of alkyl halides is 3. The molecule has 15 heavy (non-hydrogen) atoms. The predicted octanol–water partition coefficient (Wildman–Crippen LogP) is 3.39. The van der Waals surface area contributed by atoms with Gasteiger partial charge in [-0.1, -0.05) is 21.1 Å². The molecule has 2 bridgehead atoms. The van der Waals surface area contributed by atoms with Gasteiger partial charge in [0, 0.05) is 4.83 Å². The summed E-state index contributed by atoms with van der Waals surface area (Å²) in [6, 6.07) is -0.0838. The van der Waals surface area contributed by atoms with Crippen molar-refractivity contribution in [3.63, 3.8) is 0 Å². The van der Waals surface area contributed by atoms with E-state index in [9.17, 15) is 4.91 Å². The highest BCUT2D eigenvalue weighted by Crippen LogP contribution is 2.63. The van der Waals surface area contributed by atoms with E-state index >= 15 is 0 Å². The van der Waals surface area contributed by atoms with E-state index in [0.717, 1.165) is 12.8 Å². The molecule has 0 saturated heterocycles. The molecule has 5 heteroatoms. The second kappa shape index (κ2) is 3.58. The summed E-state index contributed by atoms with van der Waals surface area (Å²) in [5, 5.41) is 3.39. The van der Waals surface area contributed by atoms with Crippen LogP contribution in [0.3, 0.4) is 0 Å². The lowest BCUT2D eigenvalue weighted by atomic mass is 9.79. The quantitative estimate of drug-likeness (QED) is 0.539. The van der Waals surface area contributed by atoms with Gasteiger partial charge in [0.2, 0.25) is 0 Å². The predicted molar refractivity (Wildman–Crippen MR) is 64.8 cm³/mol. The molecule has 3 aliphatic rings. The number of rotatable bonds is 1. The van der Waals surface area contributed by atoms with Gasteiger partial charge in [-0.3, -0.25) is 0 Å². The van der Waals surface area contributed by atoms with Gasteiger partial charge in [0.1, 0.15) is 6.04 Å². The van der Waals surface area contributed by atoms with Gasteiger partial charge in [-0.05, 0) is 36.5 Å². The number of nitrogens with zero attached hydrogens (tertiary/aromatic N) is 1. The zero-order chi connectivity index (χ0) is 10.7. The molecule has 2 nitrogen and oxygen atoms in total. The van der Waals surface area contributed by atoms with Crippen LogP contribution < -0.4 is 0 Å². The molecule has 0 amide bonds. The van der Waals surface area contributed by atoms with Crippen molar-refractivity contribution in [1.29, 1.82) is 0 Å². The lowest BCUT2D eigenvalue weighted by molar-refractivity contribution is 0.245. The maximum atomic E-state index is 10.8. The van der Waals surface area contributed by atoms with Gasteiger partial charge in [0.05, 0.1) is 10.8 Å². The first-order valence-electron chi connectivity index (χ1n) is 5.40. The molecule has 3 saturated carbocycles. The molecule has 0 aromatic rings. The number of nitroso groups, excluding NO2 is 1. The SMILES string of the molecule is O=N[C@@H]1[C@H](Br)[C@@H]2C[C@@H]1[C@H]1[C@@H](Cl)[C@@H](Cl)C[C@@H]21. The highest BCUT2D eigenvalue weighted by atomic mass is 79.9. The van der Waals surface area contributed by atoms with Crippen LogP contribution in [0.1, 0.15) is 12.8 Å². The lowest BCUT2D eigenvalue weighted by Gasteiger charge is -2.32. The maximum absolute atomic E-state index is 10.8. The molecule has 8 atom stereocenters. The molecule has 0 spiro atoms. The Morgan fingerprint density at radius 1 is 1.13 bits per heavy atom. The fourth-order valence-corrected chi connectivity index (χ4v) is 5.99. The third kappa shape index (κ3) is 1.29. The molecule has 3 aliphatic carbocycles. The van der Waals surface area contributed by atoms with Crippen LogP contribution in [0.5, 0.6) is 0 Å². The van der Waals surface area contributed by atoms with Crippen LogP contribution in [0, 0.1) is 28.6 Å². The molecular formula is C10H12BrCl2NO. The Hall–Kier alpha value is 0.660. The van der Waals surface area contributed by atoms with E-state index in [-0.39, 0.29) is 21.6 Å². The molecule has 0 radical (unpaired) electrons. The average molecular weight is 313 g/mol. The number of hydrogen-bond donors (Lipinski definition) is 0. The van der Waals surface area contributed by atoms with Gasteiger partial charge < -0.3 is 0 Å². The van der Waals surface area contributed by atoms with E-state index in [1.54, 1.807) is 0 Å². The minimum atomic E-state index is -0.0838. The zero-order valence-electron chi connectivity index (χ0n) is 8.02. The summed E-state index contributed by atoms with van der Waals surface area (Å²) < 4.78 is 0. The Labute approximate surface area is 107 Å². The first-order valence-corrected chi connectivity index (χ1v) is 7.18. The number of fused-ring (bicyclic) bond motifs is 5. The minimum absolute atomic E-state index is 0.0379. The van der Waals surface area contributed by atoms with E-state index in [1.807, 2.05) is 0 Å².